The Bertz CT molecular complexity index is 997. The van der Waals surface area contributed by atoms with Gasteiger partial charge in [-0.2, -0.15) is 0 Å². The number of carbonyl (C=O) groups is 1. The SMILES string of the molecule is C=CC(=O)N1Cc2ccccc2SC(c2ccccc2)(c2ccc(C)cc2)C1. The third kappa shape index (κ3) is 3.38. The fourth-order valence-electron chi connectivity index (χ4n) is 3.77. The second kappa shape index (κ2) is 7.69. The largest absolute Gasteiger partial charge is 0.333 e. The highest BCUT2D eigenvalue weighted by Crippen LogP contribution is 2.50. The Morgan fingerprint density at radius 3 is 2.32 bits per heavy atom. The van der Waals surface area contributed by atoms with Gasteiger partial charge in [-0.1, -0.05) is 84.9 Å². The fraction of sp³-hybridized carbons (Fsp3) is 0.160. The normalized spacial score (nSPS) is 18.8. The minimum Gasteiger partial charge on any atom is -0.333 e. The maximum atomic E-state index is 12.7. The first-order chi connectivity index (χ1) is 13.6. The van der Waals surface area contributed by atoms with Crippen molar-refractivity contribution in [1.82, 2.24) is 4.90 Å². The Kier molecular flexibility index (Phi) is 5.10. The smallest absolute Gasteiger partial charge is 0.246 e. The van der Waals surface area contributed by atoms with Crippen molar-refractivity contribution in [2.45, 2.75) is 23.1 Å². The van der Waals surface area contributed by atoms with Crippen molar-refractivity contribution in [1.29, 1.82) is 0 Å². The van der Waals surface area contributed by atoms with Crippen LogP contribution in [0.4, 0.5) is 0 Å². The van der Waals surface area contributed by atoms with Crippen molar-refractivity contribution >= 4 is 17.7 Å². The number of fused-ring (bicyclic) bond motifs is 1. The van der Waals surface area contributed by atoms with Crippen LogP contribution in [-0.4, -0.2) is 17.4 Å². The zero-order valence-electron chi connectivity index (χ0n) is 16.0. The Morgan fingerprint density at radius 1 is 0.964 bits per heavy atom. The molecule has 28 heavy (non-hydrogen) atoms. The molecule has 3 aromatic rings. The molecule has 0 fully saturated rings. The molecule has 3 aromatic carbocycles. The molecule has 2 nitrogen and oxygen atoms in total. The summed E-state index contributed by atoms with van der Waals surface area (Å²) < 4.78 is -0.389. The summed E-state index contributed by atoms with van der Waals surface area (Å²) in [4.78, 5) is 15.9. The van der Waals surface area contributed by atoms with Crippen LogP contribution in [0, 0.1) is 6.92 Å². The van der Waals surface area contributed by atoms with Gasteiger partial charge >= 0.3 is 0 Å². The van der Waals surface area contributed by atoms with E-state index in [9.17, 15) is 4.79 Å². The number of hydrogen-bond donors (Lipinski definition) is 0. The molecule has 1 unspecified atom stereocenters. The highest BCUT2D eigenvalue weighted by molar-refractivity contribution is 8.00. The van der Waals surface area contributed by atoms with E-state index in [0.29, 0.717) is 13.1 Å². The van der Waals surface area contributed by atoms with E-state index in [1.807, 2.05) is 28.8 Å². The van der Waals surface area contributed by atoms with E-state index in [0.717, 1.165) is 0 Å². The number of aryl methyl sites for hydroxylation is 1. The standard InChI is InChI=1S/C25H23NOS/c1-3-24(27)26-17-20-9-7-8-12-23(20)28-25(18-26,21-10-5-4-6-11-21)22-15-13-19(2)14-16-22/h3-16H,1,17-18H2,2H3. The van der Waals surface area contributed by atoms with E-state index in [1.165, 1.54) is 33.2 Å². The maximum absolute atomic E-state index is 12.7. The molecule has 0 radical (unpaired) electrons. The molecule has 1 heterocycles. The summed E-state index contributed by atoms with van der Waals surface area (Å²) in [6.07, 6.45) is 1.42. The van der Waals surface area contributed by atoms with Crippen LogP contribution < -0.4 is 0 Å². The number of thioether (sulfide) groups is 1. The lowest BCUT2D eigenvalue weighted by atomic mass is 9.89. The van der Waals surface area contributed by atoms with E-state index < -0.39 is 0 Å². The van der Waals surface area contributed by atoms with Gasteiger partial charge in [0.15, 0.2) is 0 Å². The van der Waals surface area contributed by atoms with E-state index in [-0.39, 0.29) is 10.7 Å². The summed E-state index contributed by atoms with van der Waals surface area (Å²) in [6.45, 7) is 7.01. The molecule has 0 saturated carbocycles. The molecule has 0 bridgehead atoms. The number of rotatable bonds is 3. The number of hydrogen-bond acceptors (Lipinski definition) is 2. The topological polar surface area (TPSA) is 20.3 Å². The van der Waals surface area contributed by atoms with Crippen molar-refractivity contribution in [3.63, 3.8) is 0 Å². The predicted molar refractivity (Wildman–Crippen MR) is 116 cm³/mol. The van der Waals surface area contributed by atoms with E-state index in [1.54, 1.807) is 0 Å². The molecule has 0 spiro atoms. The first kappa shape index (κ1) is 18.6. The molecule has 140 valence electrons. The lowest BCUT2D eigenvalue weighted by Gasteiger charge is -2.36. The number of nitrogens with zero attached hydrogens (tertiary/aromatic N) is 1. The summed E-state index contributed by atoms with van der Waals surface area (Å²) in [5, 5.41) is 0. The summed E-state index contributed by atoms with van der Waals surface area (Å²) in [5.41, 5.74) is 4.80. The van der Waals surface area contributed by atoms with Crippen LogP contribution in [0.1, 0.15) is 22.3 Å². The van der Waals surface area contributed by atoms with Gasteiger partial charge in [-0.15, -0.1) is 11.8 Å². The summed E-state index contributed by atoms with van der Waals surface area (Å²) in [6, 6.07) is 27.6. The van der Waals surface area contributed by atoms with Gasteiger partial charge in [0.2, 0.25) is 5.91 Å². The minimum atomic E-state index is -0.389. The zero-order valence-corrected chi connectivity index (χ0v) is 16.8. The molecule has 3 heteroatoms. The van der Waals surface area contributed by atoms with Gasteiger partial charge in [-0.3, -0.25) is 4.79 Å². The first-order valence-electron chi connectivity index (χ1n) is 9.43. The van der Waals surface area contributed by atoms with Gasteiger partial charge in [-0.05, 0) is 35.8 Å². The molecule has 0 saturated heterocycles. The summed E-state index contributed by atoms with van der Waals surface area (Å²) in [5.74, 6) is -0.0373. The molecule has 1 aliphatic heterocycles. The van der Waals surface area contributed by atoms with Gasteiger partial charge in [0.05, 0.1) is 4.75 Å². The molecule has 1 aliphatic rings. The highest BCUT2D eigenvalue weighted by atomic mass is 32.2. The van der Waals surface area contributed by atoms with Crippen LogP contribution in [0.5, 0.6) is 0 Å². The molecule has 0 N–H and O–H groups in total. The summed E-state index contributed by atoms with van der Waals surface area (Å²) in [7, 11) is 0. The number of benzene rings is 3. The average Bonchev–Trinajstić information content (AvgIpc) is 2.92. The van der Waals surface area contributed by atoms with E-state index >= 15 is 0 Å². The maximum Gasteiger partial charge on any atom is 0.246 e. The average molecular weight is 386 g/mol. The Balaban J connectivity index is 1.96. The van der Waals surface area contributed by atoms with Gasteiger partial charge < -0.3 is 4.90 Å². The second-order valence-corrected chi connectivity index (χ2v) is 8.51. The molecule has 0 aliphatic carbocycles. The molecular weight excluding hydrogens is 362 g/mol. The lowest BCUT2D eigenvalue weighted by Crippen LogP contribution is -2.40. The second-order valence-electron chi connectivity index (χ2n) is 7.17. The molecule has 0 aromatic heterocycles. The van der Waals surface area contributed by atoms with Crippen LogP contribution in [0.25, 0.3) is 0 Å². The van der Waals surface area contributed by atoms with Gasteiger partial charge in [-0.25, -0.2) is 0 Å². The molecule has 4 rings (SSSR count). The van der Waals surface area contributed by atoms with Crippen molar-refractivity contribution in [2.24, 2.45) is 0 Å². The van der Waals surface area contributed by atoms with Crippen LogP contribution >= 0.6 is 11.8 Å². The zero-order chi connectivity index (χ0) is 19.6. The Labute approximate surface area is 170 Å². The quantitative estimate of drug-likeness (QED) is 0.550. The van der Waals surface area contributed by atoms with Gasteiger partial charge in [0.1, 0.15) is 0 Å². The monoisotopic (exact) mass is 385 g/mol. The fourth-order valence-corrected chi connectivity index (χ4v) is 5.28. The molecule has 1 amide bonds. The van der Waals surface area contributed by atoms with Crippen LogP contribution in [0.15, 0.2) is 96.4 Å². The third-order valence-corrected chi connectivity index (χ3v) is 6.84. The Hall–Kier alpha value is -2.78. The van der Waals surface area contributed by atoms with Crippen LogP contribution in [0.3, 0.4) is 0 Å². The first-order valence-corrected chi connectivity index (χ1v) is 10.2. The van der Waals surface area contributed by atoms with Gasteiger partial charge in [0.25, 0.3) is 0 Å². The lowest BCUT2D eigenvalue weighted by molar-refractivity contribution is -0.126. The minimum absolute atomic E-state index is 0.0373. The van der Waals surface area contributed by atoms with Crippen LogP contribution in [-0.2, 0) is 16.1 Å². The van der Waals surface area contributed by atoms with E-state index in [2.05, 4.69) is 80.2 Å². The number of amides is 1. The van der Waals surface area contributed by atoms with Crippen molar-refractivity contribution in [2.75, 3.05) is 6.54 Å². The predicted octanol–water partition coefficient (Wildman–Crippen LogP) is 5.56. The Morgan fingerprint density at radius 2 is 1.61 bits per heavy atom. The van der Waals surface area contributed by atoms with Crippen molar-refractivity contribution < 1.29 is 4.79 Å². The van der Waals surface area contributed by atoms with Crippen molar-refractivity contribution in [3.8, 4) is 0 Å². The van der Waals surface area contributed by atoms with E-state index in [4.69, 9.17) is 0 Å². The number of carbonyl (C=O) groups excluding carboxylic acids is 1. The molecule has 1 atom stereocenters. The molecular formula is C25H23NOS. The van der Waals surface area contributed by atoms with Crippen LogP contribution in [0.2, 0.25) is 0 Å². The third-order valence-electron chi connectivity index (χ3n) is 5.28. The summed E-state index contributed by atoms with van der Waals surface area (Å²) >= 11 is 1.84. The van der Waals surface area contributed by atoms with Gasteiger partial charge in [0, 0.05) is 18.0 Å². The highest BCUT2D eigenvalue weighted by Gasteiger charge is 2.41. The van der Waals surface area contributed by atoms with Crippen molar-refractivity contribution in [3.05, 3.63) is 114 Å².